The zero-order chi connectivity index (χ0) is 19.2. The van der Waals surface area contributed by atoms with Gasteiger partial charge in [0.15, 0.2) is 0 Å². The van der Waals surface area contributed by atoms with Crippen molar-refractivity contribution in [2.75, 3.05) is 38.7 Å². The van der Waals surface area contributed by atoms with Crippen LogP contribution in [0.3, 0.4) is 0 Å². The number of urea groups is 1. The van der Waals surface area contributed by atoms with E-state index in [-0.39, 0.29) is 11.9 Å². The number of anilines is 1. The minimum absolute atomic E-state index is 0.101. The zero-order valence-corrected chi connectivity index (χ0v) is 16.3. The van der Waals surface area contributed by atoms with Crippen molar-refractivity contribution in [2.45, 2.75) is 32.7 Å². The molecule has 1 aliphatic heterocycles. The van der Waals surface area contributed by atoms with E-state index in [4.69, 9.17) is 9.47 Å². The van der Waals surface area contributed by atoms with Crippen LogP contribution in [0.15, 0.2) is 30.5 Å². The molecular formula is C20H28N4O3. The lowest BCUT2D eigenvalue weighted by molar-refractivity contribution is 0.185. The lowest BCUT2D eigenvalue weighted by Gasteiger charge is -2.19. The largest absolute Gasteiger partial charge is 0.492 e. The normalized spacial score (nSPS) is 16.6. The maximum Gasteiger partial charge on any atom is 0.321 e. The van der Waals surface area contributed by atoms with Gasteiger partial charge in [0.05, 0.1) is 18.9 Å². The van der Waals surface area contributed by atoms with Gasteiger partial charge in [0, 0.05) is 44.6 Å². The van der Waals surface area contributed by atoms with Gasteiger partial charge >= 0.3 is 6.03 Å². The molecule has 3 rings (SSSR count). The first-order chi connectivity index (χ1) is 13.1. The molecule has 1 saturated heterocycles. The van der Waals surface area contributed by atoms with E-state index in [2.05, 4.69) is 21.8 Å². The van der Waals surface area contributed by atoms with Crippen molar-refractivity contribution in [1.82, 2.24) is 14.5 Å². The van der Waals surface area contributed by atoms with Crippen LogP contribution in [-0.4, -0.2) is 53.9 Å². The first-order valence-electron chi connectivity index (χ1n) is 9.42. The average Bonchev–Trinajstić information content (AvgIpc) is 3.29. The van der Waals surface area contributed by atoms with Crippen LogP contribution >= 0.6 is 0 Å². The molecule has 27 heavy (non-hydrogen) atoms. The standard InChI is InChI=1S/C20H28N4O3/c1-4-27-18-8-6-5-7-17(18)22-20(25)23-10-9-16(14-23)19-21-13-15(2)24(19)11-12-26-3/h5-8,13,16H,4,9-12,14H2,1-3H3,(H,22,25). The number of methoxy groups -OCH3 is 1. The number of ether oxygens (including phenoxy) is 2. The number of likely N-dealkylation sites (tertiary alicyclic amines) is 1. The molecule has 7 nitrogen and oxygen atoms in total. The molecule has 0 aliphatic carbocycles. The van der Waals surface area contributed by atoms with Crippen molar-refractivity contribution < 1.29 is 14.3 Å². The first kappa shape index (κ1) is 19.2. The summed E-state index contributed by atoms with van der Waals surface area (Å²) in [6.07, 6.45) is 2.80. The number of carbonyl (C=O) groups is 1. The SMILES string of the molecule is CCOc1ccccc1NC(=O)N1CCC(c2ncc(C)n2CCOC)C1. The summed E-state index contributed by atoms with van der Waals surface area (Å²) in [6.45, 7) is 7.34. The van der Waals surface area contributed by atoms with Crippen LogP contribution in [0, 0.1) is 6.92 Å². The van der Waals surface area contributed by atoms with Gasteiger partial charge in [-0.05, 0) is 32.4 Å². The molecule has 1 aromatic carbocycles. The molecule has 0 bridgehead atoms. The number of carbonyl (C=O) groups excluding carboxylic acids is 1. The second kappa shape index (κ2) is 8.90. The number of amides is 2. The summed E-state index contributed by atoms with van der Waals surface area (Å²) in [6, 6.07) is 7.41. The molecule has 0 saturated carbocycles. The van der Waals surface area contributed by atoms with Gasteiger partial charge in [0.1, 0.15) is 11.6 Å². The fourth-order valence-corrected chi connectivity index (χ4v) is 3.48. The minimum Gasteiger partial charge on any atom is -0.492 e. The number of hydrogen-bond donors (Lipinski definition) is 1. The van der Waals surface area contributed by atoms with E-state index >= 15 is 0 Å². The van der Waals surface area contributed by atoms with E-state index in [1.165, 1.54) is 0 Å². The van der Waals surface area contributed by atoms with E-state index in [1.807, 2.05) is 42.3 Å². The number of hydrogen-bond acceptors (Lipinski definition) is 4. The van der Waals surface area contributed by atoms with Gasteiger partial charge in [0.2, 0.25) is 0 Å². The topological polar surface area (TPSA) is 68.6 Å². The Hall–Kier alpha value is -2.54. The van der Waals surface area contributed by atoms with E-state index < -0.39 is 0 Å². The Kier molecular flexibility index (Phi) is 6.34. The fraction of sp³-hybridized carbons (Fsp3) is 0.500. The second-order valence-electron chi connectivity index (χ2n) is 6.69. The molecule has 1 aliphatic rings. The lowest BCUT2D eigenvalue weighted by Crippen LogP contribution is -2.33. The van der Waals surface area contributed by atoms with E-state index in [0.29, 0.717) is 37.7 Å². The molecule has 1 aromatic heterocycles. The smallest absolute Gasteiger partial charge is 0.321 e. The molecular weight excluding hydrogens is 344 g/mol. The van der Waals surface area contributed by atoms with Crippen LogP contribution in [0.5, 0.6) is 5.75 Å². The zero-order valence-electron chi connectivity index (χ0n) is 16.3. The minimum atomic E-state index is -0.101. The number of aromatic nitrogens is 2. The molecule has 0 radical (unpaired) electrons. The van der Waals surface area contributed by atoms with Gasteiger partial charge < -0.3 is 24.3 Å². The number of nitrogens with zero attached hydrogens (tertiary/aromatic N) is 3. The van der Waals surface area contributed by atoms with Crippen LogP contribution < -0.4 is 10.1 Å². The highest BCUT2D eigenvalue weighted by Crippen LogP contribution is 2.29. The Labute approximate surface area is 160 Å². The highest BCUT2D eigenvalue weighted by molar-refractivity contribution is 5.91. The van der Waals surface area contributed by atoms with Gasteiger partial charge in [-0.1, -0.05) is 12.1 Å². The molecule has 2 aromatic rings. The van der Waals surface area contributed by atoms with Crippen molar-refractivity contribution in [3.8, 4) is 5.75 Å². The number of para-hydroxylation sites is 2. The molecule has 146 valence electrons. The molecule has 0 spiro atoms. The third kappa shape index (κ3) is 4.42. The second-order valence-corrected chi connectivity index (χ2v) is 6.69. The van der Waals surface area contributed by atoms with Crippen LogP contribution in [0.1, 0.15) is 30.8 Å². The van der Waals surface area contributed by atoms with Gasteiger partial charge in [-0.25, -0.2) is 9.78 Å². The van der Waals surface area contributed by atoms with E-state index in [9.17, 15) is 4.79 Å². The number of nitrogens with one attached hydrogen (secondary N) is 1. The summed E-state index contributed by atoms with van der Waals surface area (Å²) in [5.41, 5.74) is 1.82. The maximum atomic E-state index is 12.7. The molecule has 2 heterocycles. The molecule has 2 amide bonds. The number of imidazole rings is 1. The fourth-order valence-electron chi connectivity index (χ4n) is 3.48. The van der Waals surface area contributed by atoms with Gasteiger partial charge in [-0.3, -0.25) is 0 Å². The monoisotopic (exact) mass is 372 g/mol. The summed E-state index contributed by atoms with van der Waals surface area (Å²) in [4.78, 5) is 19.2. The van der Waals surface area contributed by atoms with Gasteiger partial charge in [-0.15, -0.1) is 0 Å². The van der Waals surface area contributed by atoms with Crippen molar-refractivity contribution >= 4 is 11.7 Å². The quantitative estimate of drug-likeness (QED) is 0.810. The Balaban J connectivity index is 1.65. The summed E-state index contributed by atoms with van der Waals surface area (Å²) in [5.74, 6) is 1.97. The summed E-state index contributed by atoms with van der Waals surface area (Å²) >= 11 is 0. The number of aryl methyl sites for hydroxylation is 1. The average molecular weight is 372 g/mol. The highest BCUT2D eigenvalue weighted by atomic mass is 16.5. The van der Waals surface area contributed by atoms with Crippen LogP contribution in [0.4, 0.5) is 10.5 Å². The Morgan fingerprint density at radius 1 is 1.37 bits per heavy atom. The lowest BCUT2D eigenvalue weighted by atomic mass is 10.1. The molecule has 1 fully saturated rings. The van der Waals surface area contributed by atoms with Crippen molar-refractivity contribution in [3.63, 3.8) is 0 Å². The van der Waals surface area contributed by atoms with Crippen LogP contribution in [0.25, 0.3) is 0 Å². The Morgan fingerprint density at radius 2 is 2.19 bits per heavy atom. The Bertz CT molecular complexity index is 774. The van der Waals surface area contributed by atoms with Gasteiger partial charge in [-0.2, -0.15) is 0 Å². The van der Waals surface area contributed by atoms with Crippen molar-refractivity contribution in [2.24, 2.45) is 0 Å². The Morgan fingerprint density at radius 3 is 2.96 bits per heavy atom. The third-order valence-corrected chi connectivity index (χ3v) is 4.87. The molecule has 1 unspecified atom stereocenters. The summed E-state index contributed by atoms with van der Waals surface area (Å²) in [7, 11) is 1.70. The molecule has 1 atom stereocenters. The van der Waals surface area contributed by atoms with E-state index in [0.717, 1.165) is 24.5 Å². The predicted molar refractivity (Wildman–Crippen MR) is 104 cm³/mol. The molecule has 1 N–H and O–H groups in total. The van der Waals surface area contributed by atoms with Crippen LogP contribution in [-0.2, 0) is 11.3 Å². The van der Waals surface area contributed by atoms with E-state index in [1.54, 1.807) is 7.11 Å². The van der Waals surface area contributed by atoms with Crippen LogP contribution in [0.2, 0.25) is 0 Å². The summed E-state index contributed by atoms with van der Waals surface area (Å²) in [5, 5.41) is 2.98. The first-order valence-corrected chi connectivity index (χ1v) is 9.42. The maximum absolute atomic E-state index is 12.7. The third-order valence-electron chi connectivity index (χ3n) is 4.87. The number of benzene rings is 1. The van der Waals surface area contributed by atoms with Crippen molar-refractivity contribution in [3.05, 3.63) is 42.0 Å². The number of rotatable bonds is 7. The highest BCUT2D eigenvalue weighted by Gasteiger charge is 2.30. The van der Waals surface area contributed by atoms with Gasteiger partial charge in [0.25, 0.3) is 0 Å². The molecule has 7 heteroatoms. The summed E-state index contributed by atoms with van der Waals surface area (Å²) < 4.78 is 13.0. The van der Waals surface area contributed by atoms with Crippen molar-refractivity contribution in [1.29, 1.82) is 0 Å². The predicted octanol–water partition coefficient (Wildman–Crippen LogP) is 3.26.